The number of benzene rings is 1. The number of hydrogen-bond donors (Lipinski definition) is 1. The molecule has 2 aliphatic rings. The molecule has 1 aliphatic heterocycles. The Morgan fingerprint density at radius 1 is 1.13 bits per heavy atom. The van der Waals surface area contributed by atoms with Crippen LogP contribution in [0.2, 0.25) is 0 Å². The van der Waals surface area contributed by atoms with Gasteiger partial charge in [0.15, 0.2) is 10.9 Å². The molecule has 1 saturated heterocycles. The van der Waals surface area contributed by atoms with Crippen molar-refractivity contribution < 1.29 is 9.59 Å². The van der Waals surface area contributed by atoms with Gasteiger partial charge in [0.25, 0.3) is 0 Å². The summed E-state index contributed by atoms with van der Waals surface area (Å²) in [5.41, 5.74) is 1.07. The third-order valence-corrected chi connectivity index (χ3v) is 6.90. The fraction of sp³-hybridized carbons (Fsp3) is 0.545. The number of carbonyl (C=O) groups excluding carboxylic acids is 2. The molecule has 30 heavy (non-hydrogen) atoms. The molecular weight excluding hydrogens is 398 g/mol. The first-order chi connectivity index (χ1) is 14.4. The van der Waals surface area contributed by atoms with Crippen molar-refractivity contribution in [2.24, 2.45) is 5.92 Å². The lowest BCUT2D eigenvalue weighted by Gasteiger charge is -2.31. The lowest BCUT2D eigenvalue weighted by Crippen LogP contribution is -2.34. The Bertz CT molecular complexity index is 931. The molecule has 1 unspecified atom stereocenters. The van der Waals surface area contributed by atoms with Crippen molar-refractivity contribution in [1.29, 1.82) is 0 Å². The van der Waals surface area contributed by atoms with Crippen molar-refractivity contribution in [2.45, 2.75) is 62.9 Å². The van der Waals surface area contributed by atoms with Gasteiger partial charge in [-0.3, -0.25) is 14.2 Å². The van der Waals surface area contributed by atoms with Gasteiger partial charge in [-0.1, -0.05) is 30.8 Å². The zero-order valence-corrected chi connectivity index (χ0v) is 18.6. The SMILES string of the molecule is CC(=O)c1ccccc1NC(=O)C(C)Sc1nnc(N2CCC(C)CC2)n1C1CC1. The Kier molecular flexibility index (Phi) is 6.13. The molecule has 1 amide bonds. The number of amides is 1. The average Bonchev–Trinajstić information content (AvgIpc) is 3.49. The van der Waals surface area contributed by atoms with Gasteiger partial charge >= 0.3 is 0 Å². The second kappa shape index (κ2) is 8.79. The molecule has 0 bridgehead atoms. The number of rotatable bonds is 7. The fourth-order valence-corrected chi connectivity index (χ4v) is 4.69. The maximum Gasteiger partial charge on any atom is 0.237 e. The Labute approximate surface area is 181 Å². The third kappa shape index (κ3) is 4.53. The Hall–Kier alpha value is -2.35. The zero-order chi connectivity index (χ0) is 21.3. The quantitative estimate of drug-likeness (QED) is 0.528. The van der Waals surface area contributed by atoms with Gasteiger partial charge in [0, 0.05) is 24.7 Å². The molecule has 1 atom stereocenters. The number of para-hydroxylation sites is 1. The molecule has 2 heterocycles. The van der Waals surface area contributed by atoms with Crippen LogP contribution in [0.1, 0.15) is 62.9 Å². The standard InChI is InChI=1S/C22H29N5O2S/c1-14-10-12-26(13-11-14)21-24-25-22(27(21)17-8-9-17)30-16(3)20(29)23-19-7-5-4-6-18(19)15(2)28/h4-7,14,16-17H,8-13H2,1-3H3,(H,23,29). The second-order valence-corrected chi connectivity index (χ2v) is 9.71. The van der Waals surface area contributed by atoms with E-state index in [1.165, 1.54) is 31.5 Å². The van der Waals surface area contributed by atoms with E-state index < -0.39 is 0 Å². The summed E-state index contributed by atoms with van der Waals surface area (Å²) in [5, 5.41) is 12.3. The van der Waals surface area contributed by atoms with Crippen LogP contribution in [-0.2, 0) is 4.79 Å². The summed E-state index contributed by atoms with van der Waals surface area (Å²) >= 11 is 1.43. The molecule has 2 fully saturated rings. The summed E-state index contributed by atoms with van der Waals surface area (Å²) in [7, 11) is 0. The van der Waals surface area contributed by atoms with Gasteiger partial charge in [-0.15, -0.1) is 10.2 Å². The van der Waals surface area contributed by atoms with E-state index in [4.69, 9.17) is 0 Å². The number of hydrogen-bond acceptors (Lipinski definition) is 6. The number of piperidine rings is 1. The Morgan fingerprint density at radius 3 is 2.50 bits per heavy atom. The minimum Gasteiger partial charge on any atom is -0.341 e. The van der Waals surface area contributed by atoms with E-state index >= 15 is 0 Å². The van der Waals surface area contributed by atoms with Crippen LogP contribution in [0, 0.1) is 5.92 Å². The predicted octanol–water partition coefficient (Wildman–Crippen LogP) is 4.17. The van der Waals surface area contributed by atoms with Crippen LogP contribution in [0.5, 0.6) is 0 Å². The maximum absolute atomic E-state index is 12.8. The first-order valence-corrected chi connectivity index (χ1v) is 11.6. The smallest absolute Gasteiger partial charge is 0.237 e. The van der Waals surface area contributed by atoms with Gasteiger partial charge in [0.1, 0.15) is 0 Å². The molecule has 7 nitrogen and oxygen atoms in total. The van der Waals surface area contributed by atoms with Gasteiger partial charge in [-0.05, 0) is 57.6 Å². The van der Waals surface area contributed by atoms with Crippen molar-refractivity contribution in [3.05, 3.63) is 29.8 Å². The number of nitrogens with zero attached hydrogens (tertiary/aromatic N) is 4. The summed E-state index contributed by atoms with van der Waals surface area (Å²) < 4.78 is 2.23. The van der Waals surface area contributed by atoms with Gasteiger partial charge in [-0.25, -0.2) is 0 Å². The lowest BCUT2D eigenvalue weighted by atomic mass is 10.00. The van der Waals surface area contributed by atoms with E-state index in [2.05, 4.69) is 31.9 Å². The van der Waals surface area contributed by atoms with E-state index in [1.807, 2.05) is 13.0 Å². The number of aromatic nitrogens is 3. The lowest BCUT2D eigenvalue weighted by molar-refractivity contribution is -0.115. The highest BCUT2D eigenvalue weighted by atomic mass is 32.2. The number of ketones is 1. The first kappa shape index (κ1) is 20.9. The predicted molar refractivity (Wildman–Crippen MR) is 119 cm³/mol. The van der Waals surface area contributed by atoms with Crippen molar-refractivity contribution in [3.63, 3.8) is 0 Å². The molecule has 8 heteroatoms. The first-order valence-electron chi connectivity index (χ1n) is 10.7. The van der Waals surface area contributed by atoms with Crippen LogP contribution in [0.4, 0.5) is 11.6 Å². The van der Waals surface area contributed by atoms with Crippen molar-refractivity contribution in [1.82, 2.24) is 14.8 Å². The van der Waals surface area contributed by atoms with E-state index in [-0.39, 0.29) is 16.9 Å². The molecule has 0 spiro atoms. The molecule has 1 aromatic heterocycles. The molecule has 1 N–H and O–H groups in total. The summed E-state index contributed by atoms with van der Waals surface area (Å²) in [4.78, 5) is 27.0. The molecule has 1 aliphatic carbocycles. The van der Waals surface area contributed by atoms with Crippen LogP contribution in [0.3, 0.4) is 0 Å². The van der Waals surface area contributed by atoms with Crippen LogP contribution >= 0.6 is 11.8 Å². The highest BCUT2D eigenvalue weighted by molar-refractivity contribution is 8.00. The minimum absolute atomic E-state index is 0.0693. The molecule has 0 radical (unpaired) electrons. The largest absolute Gasteiger partial charge is 0.341 e. The maximum atomic E-state index is 12.8. The van der Waals surface area contributed by atoms with Gasteiger partial charge in [0.2, 0.25) is 11.9 Å². The van der Waals surface area contributed by atoms with Crippen molar-refractivity contribution >= 4 is 35.1 Å². The van der Waals surface area contributed by atoms with E-state index in [9.17, 15) is 9.59 Å². The average molecular weight is 428 g/mol. The Balaban J connectivity index is 1.47. The number of carbonyl (C=O) groups is 2. The van der Waals surface area contributed by atoms with Crippen LogP contribution in [-0.4, -0.2) is 44.8 Å². The van der Waals surface area contributed by atoms with Gasteiger partial charge < -0.3 is 10.2 Å². The van der Waals surface area contributed by atoms with Crippen molar-refractivity contribution in [2.75, 3.05) is 23.3 Å². The molecule has 160 valence electrons. The van der Waals surface area contributed by atoms with E-state index in [0.717, 1.165) is 43.0 Å². The second-order valence-electron chi connectivity index (χ2n) is 8.40. The van der Waals surface area contributed by atoms with Crippen LogP contribution < -0.4 is 10.2 Å². The highest BCUT2D eigenvalue weighted by Crippen LogP contribution is 2.42. The molecule has 2 aromatic rings. The van der Waals surface area contributed by atoms with Crippen LogP contribution in [0.15, 0.2) is 29.4 Å². The number of anilines is 2. The summed E-state index contributed by atoms with van der Waals surface area (Å²) in [6, 6.07) is 7.53. The minimum atomic E-state index is -0.360. The monoisotopic (exact) mass is 427 g/mol. The fourth-order valence-electron chi connectivity index (χ4n) is 3.77. The van der Waals surface area contributed by atoms with Crippen molar-refractivity contribution in [3.8, 4) is 0 Å². The molecule has 1 aromatic carbocycles. The van der Waals surface area contributed by atoms with Gasteiger partial charge in [0.05, 0.1) is 10.9 Å². The third-order valence-electron chi connectivity index (χ3n) is 5.84. The van der Waals surface area contributed by atoms with E-state index in [0.29, 0.717) is 17.3 Å². The highest BCUT2D eigenvalue weighted by Gasteiger charge is 2.33. The number of Topliss-reactive ketones (excluding diaryl/α,β-unsaturated/α-hetero) is 1. The molecule has 1 saturated carbocycles. The molecule has 4 rings (SSSR count). The number of thioether (sulfide) groups is 1. The van der Waals surface area contributed by atoms with Gasteiger partial charge in [-0.2, -0.15) is 0 Å². The normalized spacial score (nSPS) is 18.3. The summed E-state index contributed by atoms with van der Waals surface area (Å²) in [5.74, 6) is 1.49. The Morgan fingerprint density at radius 2 is 1.83 bits per heavy atom. The molecular formula is C22H29N5O2S. The zero-order valence-electron chi connectivity index (χ0n) is 17.8. The number of nitrogens with one attached hydrogen (secondary N) is 1. The van der Waals surface area contributed by atoms with E-state index in [1.54, 1.807) is 18.2 Å². The summed E-state index contributed by atoms with van der Waals surface area (Å²) in [6.45, 7) is 7.69. The summed E-state index contributed by atoms with van der Waals surface area (Å²) in [6.07, 6.45) is 4.62. The van der Waals surface area contributed by atoms with Crippen LogP contribution in [0.25, 0.3) is 0 Å². The topological polar surface area (TPSA) is 80.1 Å².